The van der Waals surface area contributed by atoms with E-state index in [-0.39, 0.29) is 24.0 Å². The Hall–Kier alpha value is -0.790. The molecule has 0 amide bonds. The number of guanidine groups is 1. The SMILES string of the molecule is CCNC(=NCc1c(C)nn(C)c1C)NCC1(C)CCCC1.I. The molecule has 1 aromatic rings. The highest BCUT2D eigenvalue weighted by molar-refractivity contribution is 14.0. The van der Waals surface area contributed by atoms with Crippen molar-refractivity contribution in [1.29, 1.82) is 0 Å². The fraction of sp³-hybridized carbons (Fsp3) is 0.765. The quantitative estimate of drug-likeness (QED) is 0.426. The molecule has 0 saturated heterocycles. The van der Waals surface area contributed by atoms with Crippen LogP contribution in [0.25, 0.3) is 0 Å². The predicted octanol–water partition coefficient (Wildman–Crippen LogP) is 3.29. The maximum Gasteiger partial charge on any atom is 0.191 e. The summed E-state index contributed by atoms with van der Waals surface area (Å²) >= 11 is 0. The summed E-state index contributed by atoms with van der Waals surface area (Å²) in [5.41, 5.74) is 3.92. The molecule has 0 bridgehead atoms. The molecule has 2 N–H and O–H groups in total. The van der Waals surface area contributed by atoms with E-state index in [0.717, 1.165) is 24.7 Å². The summed E-state index contributed by atoms with van der Waals surface area (Å²) in [7, 11) is 1.99. The zero-order chi connectivity index (χ0) is 16.2. The molecule has 0 spiro atoms. The minimum Gasteiger partial charge on any atom is -0.357 e. The van der Waals surface area contributed by atoms with E-state index in [0.29, 0.717) is 12.0 Å². The van der Waals surface area contributed by atoms with Crippen LogP contribution in [0, 0.1) is 19.3 Å². The van der Waals surface area contributed by atoms with Gasteiger partial charge in [0.05, 0.1) is 12.2 Å². The van der Waals surface area contributed by atoms with E-state index in [1.54, 1.807) is 0 Å². The van der Waals surface area contributed by atoms with Crippen LogP contribution in [0.5, 0.6) is 0 Å². The topological polar surface area (TPSA) is 54.2 Å². The molecule has 1 aliphatic carbocycles. The van der Waals surface area contributed by atoms with E-state index in [2.05, 4.69) is 43.4 Å². The molecule has 0 radical (unpaired) electrons. The van der Waals surface area contributed by atoms with Gasteiger partial charge in [-0.25, -0.2) is 4.99 Å². The van der Waals surface area contributed by atoms with Crippen LogP contribution >= 0.6 is 24.0 Å². The third-order valence-corrected chi connectivity index (χ3v) is 4.89. The van der Waals surface area contributed by atoms with Crippen molar-refractivity contribution in [2.75, 3.05) is 13.1 Å². The third kappa shape index (κ3) is 5.36. The highest BCUT2D eigenvalue weighted by Crippen LogP contribution is 2.36. The van der Waals surface area contributed by atoms with Crippen molar-refractivity contribution in [1.82, 2.24) is 20.4 Å². The van der Waals surface area contributed by atoms with Gasteiger partial charge < -0.3 is 10.6 Å². The lowest BCUT2D eigenvalue weighted by Gasteiger charge is -2.25. The summed E-state index contributed by atoms with van der Waals surface area (Å²) in [5.74, 6) is 0.915. The second kappa shape index (κ2) is 8.89. The Labute approximate surface area is 157 Å². The van der Waals surface area contributed by atoms with Crippen LogP contribution in [0.2, 0.25) is 0 Å². The Morgan fingerprint density at radius 1 is 1.26 bits per heavy atom. The average molecular weight is 433 g/mol. The van der Waals surface area contributed by atoms with Crippen molar-refractivity contribution in [3.8, 4) is 0 Å². The summed E-state index contributed by atoms with van der Waals surface area (Å²) < 4.78 is 1.93. The number of aromatic nitrogens is 2. The zero-order valence-corrected chi connectivity index (χ0v) is 17.5. The maximum absolute atomic E-state index is 4.75. The lowest BCUT2D eigenvalue weighted by atomic mass is 9.89. The van der Waals surface area contributed by atoms with Gasteiger partial charge in [0.15, 0.2) is 5.96 Å². The highest BCUT2D eigenvalue weighted by Gasteiger charge is 2.28. The van der Waals surface area contributed by atoms with Crippen LogP contribution in [0.4, 0.5) is 0 Å². The first-order valence-electron chi connectivity index (χ1n) is 8.46. The molecular formula is C17H32IN5. The van der Waals surface area contributed by atoms with Crippen molar-refractivity contribution in [2.45, 2.75) is 59.9 Å². The lowest BCUT2D eigenvalue weighted by molar-refractivity contribution is 0.334. The monoisotopic (exact) mass is 433 g/mol. The number of hydrogen-bond donors (Lipinski definition) is 2. The van der Waals surface area contributed by atoms with Crippen LogP contribution in [0.15, 0.2) is 4.99 Å². The van der Waals surface area contributed by atoms with Gasteiger partial charge in [-0.2, -0.15) is 5.10 Å². The number of hydrogen-bond acceptors (Lipinski definition) is 2. The van der Waals surface area contributed by atoms with E-state index >= 15 is 0 Å². The Bertz CT molecular complexity index is 529. The van der Waals surface area contributed by atoms with Crippen LogP contribution in [-0.4, -0.2) is 28.8 Å². The van der Waals surface area contributed by atoms with Crippen LogP contribution in [0.1, 0.15) is 56.5 Å². The molecule has 2 rings (SSSR count). The number of rotatable bonds is 5. The normalized spacial score (nSPS) is 17.0. The van der Waals surface area contributed by atoms with E-state index in [4.69, 9.17) is 4.99 Å². The van der Waals surface area contributed by atoms with Crippen molar-refractivity contribution >= 4 is 29.9 Å². The van der Waals surface area contributed by atoms with Gasteiger partial charge in [0.25, 0.3) is 0 Å². The van der Waals surface area contributed by atoms with E-state index in [1.807, 2.05) is 11.7 Å². The Morgan fingerprint density at radius 3 is 2.43 bits per heavy atom. The molecule has 0 unspecified atom stereocenters. The summed E-state index contributed by atoms with van der Waals surface area (Å²) in [5, 5.41) is 11.3. The van der Waals surface area contributed by atoms with Gasteiger partial charge >= 0.3 is 0 Å². The van der Waals surface area contributed by atoms with Crippen LogP contribution in [-0.2, 0) is 13.6 Å². The van der Waals surface area contributed by atoms with Crippen LogP contribution in [0.3, 0.4) is 0 Å². The fourth-order valence-electron chi connectivity index (χ4n) is 3.25. The first-order chi connectivity index (χ1) is 10.4. The van der Waals surface area contributed by atoms with Gasteiger partial charge in [-0.15, -0.1) is 24.0 Å². The summed E-state index contributed by atoms with van der Waals surface area (Å²) in [6, 6.07) is 0. The van der Waals surface area contributed by atoms with Crippen molar-refractivity contribution in [3.05, 3.63) is 17.0 Å². The fourth-order valence-corrected chi connectivity index (χ4v) is 3.25. The van der Waals surface area contributed by atoms with Crippen molar-refractivity contribution < 1.29 is 0 Å². The summed E-state index contributed by atoms with van der Waals surface area (Å²) in [4.78, 5) is 4.75. The molecule has 1 aliphatic rings. The molecular weight excluding hydrogens is 401 g/mol. The smallest absolute Gasteiger partial charge is 0.191 e. The molecule has 1 heterocycles. The first-order valence-corrected chi connectivity index (χ1v) is 8.46. The van der Waals surface area contributed by atoms with Gasteiger partial charge in [0.1, 0.15) is 0 Å². The third-order valence-electron chi connectivity index (χ3n) is 4.89. The zero-order valence-electron chi connectivity index (χ0n) is 15.2. The molecule has 1 aromatic heterocycles. The van der Waals surface area contributed by atoms with Crippen LogP contribution < -0.4 is 10.6 Å². The van der Waals surface area contributed by atoms with E-state index in [9.17, 15) is 0 Å². The predicted molar refractivity (Wildman–Crippen MR) is 107 cm³/mol. The molecule has 5 nitrogen and oxygen atoms in total. The van der Waals surface area contributed by atoms with E-state index < -0.39 is 0 Å². The van der Waals surface area contributed by atoms with Gasteiger partial charge in [-0.3, -0.25) is 4.68 Å². The standard InChI is InChI=1S/C17H31N5.HI/c1-6-18-16(20-12-17(4)9-7-8-10-17)19-11-15-13(2)21-22(5)14(15)3;/h6-12H2,1-5H3,(H2,18,19,20);1H. The number of aryl methyl sites for hydroxylation is 2. The average Bonchev–Trinajstić information content (AvgIpc) is 3.00. The largest absolute Gasteiger partial charge is 0.357 e. The van der Waals surface area contributed by atoms with Gasteiger partial charge in [0.2, 0.25) is 0 Å². The maximum atomic E-state index is 4.75. The molecule has 1 fully saturated rings. The Morgan fingerprint density at radius 2 is 1.91 bits per heavy atom. The minimum absolute atomic E-state index is 0. The van der Waals surface area contributed by atoms with Gasteiger partial charge in [-0.1, -0.05) is 19.8 Å². The van der Waals surface area contributed by atoms with Crippen molar-refractivity contribution in [3.63, 3.8) is 0 Å². The molecule has 23 heavy (non-hydrogen) atoms. The number of nitrogens with one attached hydrogen (secondary N) is 2. The Kier molecular flexibility index (Phi) is 7.83. The summed E-state index contributed by atoms with van der Waals surface area (Å²) in [6.45, 7) is 11.2. The highest BCUT2D eigenvalue weighted by atomic mass is 127. The molecule has 6 heteroatoms. The number of halogens is 1. The first kappa shape index (κ1) is 20.3. The number of nitrogens with zero attached hydrogens (tertiary/aromatic N) is 3. The lowest BCUT2D eigenvalue weighted by Crippen LogP contribution is -2.42. The summed E-state index contributed by atoms with van der Waals surface area (Å²) in [6.07, 6.45) is 5.36. The Balaban J connectivity index is 0.00000264. The van der Waals surface area contributed by atoms with E-state index in [1.165, 1.54) is 36.9 Å². The molecule has 1 saturated carbocycles. The minimum atomic E-state index is 0. The van der Waals surface area contributed by atoms with Gasteiger partial charge in [0, 0.05) is 31.4 Å². The second-order valence-corrected chi connectivity index (χ2v) is 6.84. The molecule has 132 valence electrons. The number of aliphatic imine (C=N–C) groups is 1. The molecule has 0 aromatic carbocycles. The molecule has 0 atom stereocenters. The molecule has 0 aliphatic heterocycles. The van der Waals surface area contributed by atoms with Crippen molar-refractivity contribution in [2.24, 2.45) is 17.5 Å². The van der Waals surface area contributed by atoms with Gasteiger partial charge in [-0.05, 0) is 39.0 Å². The second-order valence-electron chi connectivity index (χ2n) is 6.84.